The Balaban J connectivity index is 1.56. The number of aromatic nitrogens is 3. The van der Waals surface area contributed by atoms with E-state index in [0.717, 1.165) is 21.7 Å². The number of aromatic amines is 1. The van der Waals surface area contributed by atoms with Crippen molar-refractivity contribution in [3.8, 4) is 0 Å². The average Bonchev–Trinajstić information content (AvgIpc) is 3.00. The number of aryl methyl sites for hydroxylation is 1. The summed E-state index contributed by atoms with van der Waals surface area (Å²) in [6.07, 6.45) is 1.51. The lowest BCUT2D eigenvalue weighted by Gasteiger charge is -2.08. The van der Waals surface area contributed by atoms with Gasteiger partial charge in [-0.15, -0.1) is 11.3 Å². The molecule has 0 unspecified atom stereocenters. The molecule has 7 nitrogen and oxygen atoms in total. The molecule has 0 aliphatic carbocycles. The molecule has 0 aliphatic heterocycles. The number of H-pyrrole nitrogens is 1. The highest BCUT2D eigenvalue weighted by Crippen LogP contribution is 2.23. The molecule has 8 heteroatoms. The smallest absolute Gasteiger partial charge is 0.260 e. The minimum Gasteiger partial charge on any atom is -0.368 e. The zero-order valence-corrected chi connectivity index (χ0v) is 13.2. The molecule has 3 N–H and O–H groups in total. The van der Waals surface area contributed by atoms with E-state index in [1.54, 1.807) is 24.3 Å². The Bertz CT molecular complexity index is 902. The molecule has 0 saturated heterocycles. The number of thiophene rings is 1. The first kappa shape index (κ1) is 15.2. The molecule has 3 heterocycles. The minimum atomic E-state index is -0.392. The van der Waals surface area contributed by atoms with Gasteiger partial charge in [-0.2, -0.15) is 0 Å². The quantitative estimate of drug-likeness (QED) is 0.617. The Morgan fingerprint density at radius 2 is 2.13 bits per heavy atom. The predicted octanol–water partition coefficient (Wildman–Crippen LogP) is 1.53. The van der Waals surface area contributed by atoms with E-state index in [-0.39, 0.29) is 11.1 Å². The van der Waals surface area contributed by atoms with Gasteiger partial charge in [-0.25, -0.2) is 9.97 Å². The van der Waals surface area contributed by atoms with Crippen LogP contribution >= 0.6 is 11.3 Å². The number of pyridine rings is 1. The number of carbonyl (C=O) groups is 1. The molecule has 0 aromatic carbocycles. The highest BCUT2D eigenvalue weighted by Gasteiger charge is 2.09. The number of carbonyl (C=O) groups excluding carboxylic acids is 1. The average molecular weight is 329 g/mol. The lowest BCUT2D eigenvalue weighted by atomic mass is 10.2. The van der Waals surface area contributed by atoms with Crippen LogP contribution in [0.5, 0.6) is 0 Å². The number of anilines is 1. The van der Waals surface area contributed by atoms with Crippen LogP contribution in [0.2, 0.25) is 0 Å². The Labute approximate surface area is 135 Å². The van der Waals surface area contributed by atoms with Gasteiger partial charge in [0.05, 0.1) is 5.39 Å². The maximum atomic E-state index is 12.0. The van der Waals surface area contributed by atoms with Crippen molar-refractivity contribution in [1.29, 1.82) is 0 Å². The molecular formula is C15H15N5O2S. The van der Waals surface area contributed by atoms with Crippen LogP contribution in [-0.4, -0.2) is 33.9 Å². The Morgan fingerprint density at radius 3 is 2.96 bits per heavy atom. The fraction of sp³-hybridized carbons (Fsp3) is 0.200. The highest BCUT2D eigenvalue weighted by molar-refractivity contribution is 7.16. The number of hydrogen-bond donors (Lipinski definition) is 3. The second-order valence-corrected chi connectivity index (χ2v) is 5.82. The number of fused-ring (bicyclic) bond motifs is 1. The van der Waals surface area contributed by atoms with Crippen molar-refractivity contribution >= 4 is 33.3 Å². The van der Waals surface area contributed by atoms with Crippen molar-refractivity contribution < 1.29 is 4.79 Å². The van der Waals surface area contributed by atoms with Crippen LogP contribution < -0.4 is 16.2 Å². The van der Waals surface area contributed by atoms with Crippen LogP contribution in [0.15, 0.2) is 34.7 Å². The molecule has 0 spiro atoms. The van der Waals surface area contributed by atoms with Crippen molar-refractivity contribution in [2.24, 2.45) is 0 Å². The summed E-state index contributed by atoms with van der Waals surface area (Å²) in [6, 6.07) is 5.17. The van der Waals surface area contributed by atoms with Crippen molar-refractivity contribution in [2.75, 3.05) is 18.4 Å². The summed E-state index contributed by atoms with van der Waals surface area (Å²) in [5, 5.41) is 8.78. The maximum Gasteiger partial charge on any atom is 0.260 e. The molecule has 3 aromatic rings. The van der Waals surface area contributed by atoms with E-state index < -0.39 is 5.91 Å². The third-order valence-electron chi connectivity index (χ3n) is 3.26. The Kier molecular flexibility index (Phi) is 4.33. The van der Waals surface area contributed by atoms with Gasteiger partial charge in [-0.05, 0) is 30.5 Å². The zero-order valence-electron chi connectivity index (χ0n) is 12.4. The molecular weight excluding hydrogens is 314 g/mol. The van der Waals surface area contributed by atoms with Gasteiger partial charge in [0.15, 0.2) is 0 Å². The van der Waals surface area contributed by atoms with Crippen molar-refractivity contribution in [1.82, 2.24) is 20.3 Å². The lowest BCUT2D eigenvalue weighted by Crippen LogP contribution is -2.33. The fourth-order valence-corrected chi connectivity index (χ4v) is 2.87. The Hall–Kier alpha value is -2.74. The van der Waals surface area contributed by atoms with E-state index in [0.29, 0.717) is 13.1 Å². The molecule has 3 rings (SSSR count). The van der Waals surface area contributed by atoms with Crippen molar-refractivity contribution in [3.05, 3.63) is 51.5 Å². The SMILES string of the molecule is Cc1ccc(C(=O)NCCNc2ncnc3sccc23)c(=O)[nH]1. The summed E-state index contributed by atoms with van der Waals surface area (Å²) in [7, 11) is 0. The van der Waals surface area contributed by atoms with Crippen LogP contribution in [-0.2, 0) is 0 Å². The molecule has 0 bridgehead atoms. The largest absolute Gasteiger partial charge is 0.368 e. The summed E-state index contributed by atoms with van der Waals surface area (Å²) < 4.78 is 0. The molecule has 0 aliphatic rings. The number of amides is 1. The molecule has 0 atom stereocenters. The van der Waals surface area contributed by atoms with Gasteiger partial charge < -0.3 is 15.6 Å². The van der Waals surface area contributed by atoms with Gasteiger partial charge in [-0.1, -0.05) is 0 Å². The zero-order chi connectivity index (χ0) is 16.2. The highest BCUT2D eigenvalue weighted by atomic mass is 32.1. The van der Waals surface area contributed by atoms with Crippen LogP contribution in [0.25, 0.3) is 10.2 Å². The molecule has 118 valence electrons. The first-order valence-electron chi connectivity index (χ1n) is 7.05. The summed E-state index contributed by atoms with van der Waals surface area (Å²) in [5.74, 6) is 0.343. The molecule has 0 radical (unpaired) electrons. The van der Waals surface area contributed by atoms with E-state index in [9.17, 15) is 9.59 Å². The molecule has 0 saturated carbocycles. The second-order valence-electron chi connectivity index (χ2n) is 4.93. The standard InChI is InChI=1S/C15H15N5O2S/c1-9-2-3-11(14(22)20-9)13(21)17-6-5-16-12-10-4-7-23-15(10)19-8-18-12/h2-4,7-8H,5-6H2,1H3,(H,17,21)(H,20,22)(H,16,18,19). The van der Waals surface area contributed by atoms with E-state index in [1.807, 2.05) is 11.4 Å². The van der Waals surface area contributed by atoms with Gasteiger partial charge in [0.25, 0.3) is 11.5 Å². The normalized spacial score (nSPS) is 10.7. The van der Waals surface area contributed by atoms with Gasteiger partial charge in [0.2, 0.25) is 0 Å². The van der Waals surface area contributed by atoms with E-state index in [2.05, 4.69) is 25.6 Å². The van der Waals surface area contributed by atoms with Crippen LogP contribution in [0, 0.1) is 6.92 Å². The third kappa shape index (κ3) is 3.37. The topological polar surface area (TPSA) is 99.8 Å². The van der Waals surface area contributed by atoms with Crippen LogP contribution in [0.1, 0.15) is 16.1 Å². The summed E-state index contributed by atoms with van der Waals surface area (Å²) >= 11 is 1.55. The molecule has 1 amide bonds. The number of nitrogens with zero attached hydrogens (tertiary/aromatic N) is 2. The van der Waals surface area contributed by atoms with Crippen molar-refractivity contribution in [2.45, 2.75) is 6.92 Å². The number of hydrogen-bond acceptors (Lipinski definition) is 6. The fourth-order valence-electron chi connectivity index (χ4n) is 2.13. The maximum absolute atomic E-state index is 12.0. The van der Waals surface area contributed by atoms with E-state index >= 15 is 0 Å². The Morgan fingerprint density at radius 1 is 1.26 bits per heavy atom. The summed E-state index contributed by atoms with van der Waals surface area (Å²) in [4.78, 5) is 35.6. The van der Waals surface area contributed by atoms with Gasteiger partial charge >= 0.3 is 0 Å². The van der Waals surface area contributed by atoms with Crippen LogP contribution in [0.4, 0.5) is 5.82 Å². The van der Waals surface area contributed by atoms with Gasteiger partial charge in [-0.3, -0.25) is 9.59 Å². The number of nitrogens with one attached hydrogen (secondary N) is 3. The van der Waals surface area contributed by atoms with Crippen molar-refractivity contribution in [3.63, 3.8) is 0 Å². The van der Waals surface area contributed by atoms with E-state index in [4.69, 9.17) is 0 Å². The second kappa shape index (κ2) is 6.57. The lowest BCUT2D eigenvalue weighted by molar-refractivity contribution is 0.0953. The monoisotopic (exact) mass is 329 g/mol. The third-order valence-corrected chi connectivity index (χ3v) is 4.09. The van der Waals surface area contributed by atoms with E-state index in [1.165, 1.54) is 12.4 Å². The predicted molar refractivity (Wildman–Crippen MR) is 90.0 cm³/mol. The molecule has 0 fully saturated rings. The molecule has 3 aromatic heterocycles. The van der Waals surface area contributed by atoms with Gasteiger partial charge in [0, 0.05) is 18.8 Å². The first-order valence-corrected chi connectivity index (χ1v) is 7.93. The first-order chi connectivity index (χ1) is 11.1. The minimum absolute atomic E-state index is 0.109. The summed E-state index contributed by atoms with van der Waals surface area (Å²) in [6.45, 7) is 2.64. The molecule has 23 heavy (non-hydrogen) atoms. The van der Waals surface area contributed by atoms with Gasteiger partial charge in [0.1, 0.15) is 22.5 Å². The summed E-state index contributed by atoms with van der Waals surface area (Å²) in [5.41, 5.74) is 0.445. The van der Waals surface area contributed by atoms with Crippen LogP contribution in [0.3, 0.4) is 0 Å². The number of rotatable bonds is 5.